The first-order valence-electron chi connectivity index (χ1n) is 7.80. The molecule has 1 heterocycles. The molecule has 1 aliphatic heterocycles. The maximum atomic E-state index is 11.2. The van der Waals surface area contributed by atoms with Gasteiger partial charge in [0.1, 0.15) is 6.10 Å². The molecule has 2 rings (SSSR count). The molecule has 0 bridgehead atoms. The number of carbonyl (C=O) groups excluding carboxylic acids is 1. The Morgan fingerprint density at radius 1 is 1.30 bits per heavy atom. The highest BCUT2D eigenvalue weighted by Crippen LogP contribution is 2.30. The van der Waals surface area contributed by atoms with Crippen molar-refractivity contribution in [2.45, 2.75) is 59.0 Å². The van der Waals surface area contributed by atoms with Crippen molar-refractivity contribution in [1.82, 2.24) is 4.90 Å². The number of nitrogens with zero attached hydrogens (tertiary/aromatic N) is 2. The number of hydrogen-bond donors (Lipinski definition) is 0. The highest BCUT2D eigenvalue weighted by atomic mass is 16.5. The van der Waals surface area contributed by atoms with E-state index in [1.165, 1.54) is 37.5 Å². The summed E-state index contributed by atoms with van der Waals surface area (Å²) < 4.78 is 5.42. The second-order valence-corrected chi connectivity index (χ2v) is 5.61. The third-order valence-corrected chi connectivity index (χ3v) is 4.17. The molecule has 0 spiro atoms. The maximum absolute atomic E-state index is 11.2. The Morgan fingerprint density at radius 2 is 2.00 bits per heavy atom. The van der Waals surface area contributed by atoms with Crippen molar-refractivity contribution in [2.75, 3.05) is 19.6 Å². The zero-order valence-electron chi connectivity index (χ0n) is 12.9. The molecule has 1 unspecified atom stereocenters. The standard InChI is InChI=1S/C16H26N2O2/c1-4-17-16-14(8-9-15(16)20-13(3)19)12(2)18-10-6-5-7-11-18/h15H,4-11H2,1-3H3/b14-12+,17-16+. The van der Waals surface area contributed by atoms with Crippen LogP contribution in [0.3, 0.4) is 0 Å². The lowest BCUT2D eigenvalue weighted by Crippen LogP contribution is -2.30. The fourth-order valence-electron chi connectivity index (χ4n) is 3.20. The number of carbonyl (C=O) groups is 1. The maximum Gasteiger partial charge on any atom is 0.303 e. The molecule has 1 saturated carbocycles. The molecule has 0 aromatic rings. The van der Waals surface area contributed by atoms with Crippen molar-refractivity contribution in [2.24, 2.45) is 4.99 Å². The van der Waals surface area contributed by atoms with E-state index in [1.54, 1.807) is 0 Å². The van der Waals surface area contributed by atoms with Crippen LogP contribution in [-0.4, -0.2) is 42.3 Å². The number of piperidine rings is 1. The number of aliphatic imine (C=N–C) groups is 1. The molecule has 1 aliphatic carbocycles. The summed E-state index contributed by atoms with van der Waals surface area (Å²) >= 11 is 0. The molecule has 1 atom stereocenters. The van der Waals surface area contributed by atoms with Gasteiger partial charge in [-0.15, -0.1) is 0 Å². The predicted octanol–water partition coefficient (Wildman–Crippen LogP) is 2.93. The average Bonchev–Trinajstić information content (AvgIpc) is 2.82. The molecular formula is C16H26N2O2. The Bertz CT molecular complexity index is 420. The van der Waals surface area contributed by atoms with Crippen LogP contribution in [0.25, 0.3) is 0 Å². The van der Waals surface area contributed by atoms with E-state index in [0.29, 0.717) is 0 Å². The van der Waals surface area contributed by atoms with Crippen LogP contribution in [-0.2, 0) is 9.53 Å². The average molecular weight is 278 g/mol. The van der Waals surface area contributed by atoms with Gasteiger partial charge in [0.15, 0.2) is 0 Å². The van der Waals surface area contributed by atoms with Crippen LogP contribution < -0.4 is 0 Å². The molecule has 20 heavy (non-hydrogen) atoms. The van der Waals surface area contributed by atoms with E-state index in [0.717, 1.165) is 38.2 Å². The molecular weight excluding hydrogens is 252 g/mol. The minimum absolute atomic E-state index is 0.137. The first-order chi connectivity index (χ1) is 9.63. The topological polar surface area (TPSA) is 41.9 Å². The molecule has 2 fully saturated rings. The Labute approximate surface area is 121 Å². The first kappa shape index (κ1) is 15.1. The van der Waals surface area contributed by atoms with Gasteiger partial charge in [0, 0.05) is 32.3 Å². The van der Waals surface area contributed by atoms with Crippen LogP contribution in [0.15, 0.2) is 16.3 Å². The van der Waals surface area contributed by atoms with Crippen molar-refractivity contribution in [3.8, 4) is 0 Å². The minimum atomic E-state index is -0.212. The van der Waals surface area contributed by atoms with Crippen molar-refractivity contribution in [3.63, 3.8) is 0 Å². The number of allylic oxidation sites excluding steroid dienone is 1. The minimum Gasteiger partial charge on any atom is -0.456 e. The molecule has 112 valence electrons. The van der Waals surface area contributed by atoms with Crippen LogP contribution in [0.4, 0.5) is 0 Å². The van der Waals surface area contributed by atoms with Crippen LogP contribution >= 0.6 is 0 Å². The van der Waals surface area contributed by atoms with E-state index >= 15 is 0 Å². The summed E-state index contributed by atoms with van der Waals surface area (Å²) in [5.74, 6) is -0.212. The molecule has 0 radical (unpaired) electrons. The van der Waals surface area contributed by atoms with Gasteiger partial charge in [0.05, 0.1) is 5.71 Å². The summed E-state index contributed by atoms with van der Waals surface area (Å²) in [4.78, 5) is 18.3. The highest BCUT2D eigenvalue weighted by Gasteiger charge is 2.32. The van der Waals surface area contributed by atoms with E-state index in [1.807, 2.05) is 6.92 Å². The Hall–Kier alpha value is -1.32. The van der Waals surface area contributed by atoms with Crippen molar-refractivity contribution in [3.05, 3.63) is 11.3 Å². The van der Waals surface area contributed by atoms with Crippen LogP contribution in [0, 0.1) is 0 Å². The SMILES string of the molecule is CC/N=C1\C(=C(/C)N2CCCCC2)CCC1OC(C)=O. The first-order valence-corrected chi connectivity index (χ1v) is 7.80. The monoisotopic (exact) mass is 278 g/mol. The van der Waals surface area contributed by atoms with Crippen LogP contribution in [0.1, 0.15) is 52.9 Å². The summed E-state index contributed by atoms with van der Waals surface area (Å²) in [7, 11) is 0. The highest BCUT2D eigenvalue weighted by molar-refractivity contribution is 6.06. The number of ether oxygens (including phenoxy) is 1. The van der Waals surface area contributed by atoms with E-state index < -0.39 is 0 Å². The molecule has 0 N–H and O–H groups in total. The zero-order chi connectivity index (χ0) is 14.5. The second kappa shape index (κ2) is 6.91. The van der Waals surface area contributed by atoms with Gasteiger partial charge in [-0.3, -0.25) is 9.79 Å². The van der Waals surface area contributed by atoms with Crippen molar-refractivity contribution < 1.29 is 9.53 Å². The molecule has 2 aliphatic rings. The lowest BCUT2D eigenvalue weighted by molar-refractivity contribution is -0.143. The van der Waals surface area contributed by atoms with Gasteiger partial charge in [-0.05, 0) is 51.5 Å². The van der Waals surface area contributed by atoms with Gasteiger partial charge in [-0.2, -0.15) is 0 Å². The predicted molar refractivity (Wildman–Crippen MR) is 80.9 cm³/mol. The largest absolute Gasteiger partial charge is 0.456 e. The number of hydrogen-bond acceptors (Lipinski definition) is 4. The lowest BCUT2D eigenvalue weighted by atomic mass is 10.1. The Morgan fingerprint density at radius 3 is 2.60 bits per heavy atom. The van der Waals surface area contributed by atoms with E-state index in [2.05, 4.69) is 16.8 Å². The van der Waals surface area contributed by atoms with Gasteiger partial charge in [-0.25, -0.2) is 0 Å². The van der Waals surface area contributed by atoms with Gasteiger partial charge >= 0.3 is 5.97 Å². The molecule has 0 amide bonds. The molecule has 4 heteroatoms. The van der Waals surface area contributed by atoms with E-state index in [9.17, 15) is 4.79 Å². The molecule has 0 aromatic carbocycles. The van der Waals surface area contributed by atoms with Gasteiger partial charge < -0.3 is 9.64 Å². The Kier molecular flexibility index (Phi) is 5.21. The second-order valence-electron chi connectivity index (χ2n) is 5.61. The van der Waals surface area contributed by atoms with Gasteiger partial charge in [-0.1, -0.05) is 0 Å². The quantitative estimate of drug-likeness (QED) is 0.745. The summed E-state index contributed by atoms with van der Waals surface area (Å²) in [6.45, 7) is 8.73. The summed E-state index contributed by atoms with van der Waals surface area (Å²) in [5, 5.41) is 0. The summed E-state index contributed by atoms with van der Waals surface area (Å²) in [6.07, 6.45) is 5.60. The van der Waals surface area contributed by atoms with Crippen molar-refractivity contribution in [1.29, 1.82) is 0 Å². The zero-order valence-corrected chi connectivity index (χ0v) is 12.9. The van der Waals surface area contributed by atoms with Crippen LogP contribution in [0.5, 0.6) is 0 Å². The number of rotatable bonds is 3. The van der Waals surface area contributed by atoms with Gasteiger partial charge in [0.2, 0.25) is 0 Å². The number of esters is 1. The van der Waals surface area contributed by atoms with E-state index in [-0.39, 0.29) is 12.1 Å². The number of likely N-dealkylation sites (tertiary alicyclic amines) is 1. The third-order valence-electron chi connectivity index (χ3n) is 4.17. The Balaban J connectivity index is 2.21. The molecule has 0 aromatic heterocycles. The van der Waals surface area contributed by atoms with Gasteiger partial charge in [0.25, 0.3) is 0 Å². The third kappa shape index (κ3) is 3.41. The molecule has 4 nitrogen and oxygen atoms in total. The molecule has 1 saturated heterocycles. The summed E-state index contributed by atoms with van der Waals surface area (Å²) in [6, 6.07) is 0. The van der Waals surface area contributed by atoms with Crippen LogP contribution in [0.2, 0.25) is 0 Å². The van der Waals surface area contributed by atoms with E-state index in [4.69, 9.17) is 4.74 Å². The lowest BCUT2D eigenvalue weighted by Gasteiger charge is -2.31. The van der Waals surface area contributed by atoms with Crippen molar-refractivity contribution >= 4 is 11.7 Å². The normalized spacial score (nSPS) is 27.9. The fraction of sp³-hybridized carbons (Fsp3) is 0.750. The summed E-state index contributed by atoms with van der Waals surface area (Å²) in [5.41, 5.74) is 3.65. The smallest absolute Gasteiger partial charge is 0.303 e. The fourth-order valence-corrected chi connectivity index (χ4v) is 3.20.